The number of amides is 1. The SMILES string of the molecule is COc1ccc(F)cc1C[NH+]1CCN(C(=O)c2cc(Cl)c(OC)c(OC)c2)CC1. The number of methoxy groups -OCH3 is 3. The van der Waals surface area contributed by atoms with Crippen molar-refractivity contribution in [1.29, 1.82) is 0 Å². The standard InChI is InChI=1S/C21H24ClFN2O4/c1-27-18-5-4-16(23)10-15(18)13-24-6-8-25(9-7-24)21(26)14-11-17(22)20(29-3)19(12-14)28-2/h4-5,10-12H,6-9,13H2,1-3H3/p+1. The van der Waals surface area contributed by atoms with Gasteiger partial charge in [0.05, 0.1) is 58.1 Å². The Labute approximate surface area is 174 Å². The molecule has 1 aliphatic rings. The van der Waals surface area contributed by atoms with E-state index in [9.17, 15) is 9.18 Å². The molecule has 1 N–H and O–H groups in total. The van der Waals surface area contributed by atoms with Gasteiger partial charge in [-0.05, 0) is 30.3 Å². The lowest BCUT2D eigenvalue weighted by Crippen LogP contribution is -3.13. The van der Waals surface area contributed by atoms with Crippen LogP contribution in [0.4, 0.5) is 4.39 Å². The van der Waals surface area contributed by atoms with Crippen molar-refractivity contribution in [3.8, 4) is 17.2 Å². The second kappa shape index (κ2) is 9.33. The molecule has 1 saturated heterocycles. The Kier molecular flexibility index (Phi) is 6.82. The van der Waals surface area contributed by atoms with E-state index in [2.05, 4.69) is 0 Å². The van der Waals surface area contributed by atoms with Crippen LogP contribution in [0.5, 0.6) is 17.2 Å². The molecule has 3 rings (SSSR count). The third-order valence-electron chi connectivity index (χ3n) is 5.12. The van der Waals surface area contributed by atoms with Gasteiger partial charge in [0.15, 0.2) is 11.5 Å². The minimum absolute atomic E-state index is 0.102. The molecule has 8 heteroatoms. The van der Waals surface area contributed by atoms with Crippen molar-refractivity contribution < 1.29 is 28.3 Å². The van der Waals surface area contributed by atoms with Crippen molar-refractivity contribution in [3.05, 3.63) is 52.3 Å². The van der Waals surface area contributed by atoms with Gasteiger partial charge in [-0.15, -0.1) is 0 Å². The molecule has 2 aromatic rings. The van der Waals surface area contributed by atoms with Crippen LogP contribution < -0.4 is 19.1 Å². The molecule has 0 spiro atoms. The van der Waals surface area contributed by atoms with Crippen molar-refractivity contribution >= 4 is 17.5 Å². The van der Waals surface area contributed by atoms with Crippen LogP contribution in [0.3, 0.4) is 0 Å². The maximum absolute atomic E-state index is 13.6. The molecular weight excluding hydrogens is 399 g/mol. The number of rotatable bonds is 6. The molecule has 156 valence electrons. The first-order valence-electron chi connectivity index (χ1n) is 9.33. The molecule has 0 radical (unpaired) electrons. The van der Waals surface area contributed by atoms with Gasteiger partial charge in [-0.25, -0.2) is 4.39 Å². The van der Waals surface area contributed by atoms with Crippen LogP contribution >= 0.6 is 11.6 Å². The number of quaternary nitrogens is 1. The summed E-state index contributed by atoms with van der Waals surface area (Å²) in [6.45, 7) is 3.35. The summed E-state index contributed by atoms with van der Waals surface area (Å²) < 4.78 is 29.4. The number of hydrogen-bond donors (Lipinski definition) is 1. The lowest BCUT2D eigenvalue weighted by molar-refractivity contribution is -0.917. The Balaban J connectivity index is 1.66. The summed E-state index contributed by atoms with van der Waals surface area (Å²) >= 11 is 6.23. The smallest absolute Gasteiger partial charge is 0.254 e. The number of nitrogens with one attached hydrogen (secondary N) is 1. The average molecular weight is 424 g/mol. The summed E-state index contributed by atoms with van der Waals surface area (Å²) in [5.41, 5.74) is 1.29. The van der Waals surface area contributed by atoms with Crippen LogP contribution in [0.2, 0.25) is 5.02 Å². The van der Waals surface area contributed by atoms with E-state index in [0.29, 0.717) is 47.5 Å². The van der Waals surface area contributed by atoms with Gasteiger partial charge in [0.25, 0.3) is 5.91 Å². The van der Waals surface area contributed by atoms with Crippen LogP contribution in [-0.4, -0.2) is 58.3 Å². The Morgan fingerprint density at radius 1 is 1.07 bits per heavy atom. The summed E-state index contributed by atoms with van der Waals surface area (Å²) in [6, 6.07) is 7.79. The number of ether oxygens (including phenoxy) is 3. The number of halogens is 2. The van der Waals surface area contributed by atoms with Gasteiger partial charge in [-0.2, -0.15) is 0 Å². The zero-order valence-electron chi connectivity index (χ0n) is 16.8. The van der Waals surface area contributed by atoms with Crippen LogP contribution in [0.25, 0.3) is 0 Å². The normalized spacial score (nSPS) is 14.6. The Morgan fingerprint density at radius 2 is 1.76 bits per heavy atom. The van der Waals surface area contributed by atoms with Crippen molar-refractivity contribution in [2.24, 2.45) is 0 Å². The molecule has 0 aliphatic carbocycles. The number of carbonyl (C=O) groups is 1. The Bertz CT molecular complexity index is 885. The highest BCUT2D eigenvalue weighted by molar-refractivity contribution is 6.32. The second-order valence-corrected chi connectivity index (χ2v) is 7.28. The third-order valence-corrected chi connectivity index (χ3v) is 5.40. The van der Waals surface area contributed by atoms with Crippen LogP contribution in [0.1, 0.15) is 15.9 Å². The molecule has 0 bridgehead atoms. The highest BCUT2D eigenvalue weighted by Crippen LogP contribution is 2.36. The molecule has 0 atom stereocenters. The van der Waals surface area contributed by atoms with Crippen molar-refractivity contribution in [2.75, 3.05) is 47.5 Å². The Hall–Kier alpha value is -2.51. The van der Waals surface area contributed by atoms with E-state index < -0.39 is 0 Å². The number of carbonyl (C=O) groups excluding carboxylic acids is 1. The molecule has 0 unspecified atom stereocenters. The number of hydrogen-bond acceptors (Lipinski definition) is 4. The summed E-state index contributed by atoms with van der Waals surface area (Å²) in [7, 11) is 4.59. The maximum atomic E-state index is 13.6. The van der Waals surface area contributed by atoms with Crippen LogP contribution in [0, 0.1) is 5.82 Å². The van der Waals surface area contributed by atoms with Crippen molar-refractivity contribution in [1.82, 2.24) is 4.90 Å². The summed E-state index contributed by atoms with van der Waals surface area (Å²) in [5.74, 6) is 1.13. The fraction of sp³-hybridized carbons (Fsp3) is 0.381. The number of piperazine rings is 1. The lowest BCUT2D eigenvalue weighted by atomic mass is 10.1. The number of nitrogens with zero attached hydrogens (tertiary/aromatic N) is 1. The quantitative estimate of drug-likeness (QED) is 0.772. The van der Waals surface area contributed by atoms with E-state index in [4.69, 9.17) is 25.8 Å². The first kappa shape index (κ1) is 21.2. The lowest BCUT2D eigenvalue weighted by Gasteiger charge is -2.32. The molecule has 1 aliphatic heterocycles. The fourth-order valence-corrected chi connectivity index (χ4v) is 3.87. The van der Waals surface area contributed by atoms with E-state index in [-0.39, 0.29) is 11.7 Å². The van der Waals surface area contributed by atoms with E-state index in [1.54, 1.807) is 30.2 Å². The molecule has 1 fully saturated rings. The van der Waals surface area contributed by atoms with E-state index >= 15 is 0 Å². The monoisotopic (exact) mass is 423 g/mol. The van der Waals surface area contributed by atoms with Gasteiger partial charge in [0, 0.05) is 5.56 Å². The summed E-state index contributed by atoms with van der Waals surface area (Å²) in [6.07, 6.45) is 0. The fourth-order valence-electron chi connectivity index (χ4n) is 3.58. The first-order chi connectivity index (χ1) is 14.0. The molecular formula is C21H25ClFN2O4+. The minimum atomic E-state index is -0.278. The molecule has 29 heavy (non-hydrogen) atoms. The molecule has 1 amide bonds. The largest absolute Gasteiger partial charge is 0.496 e. The van der Waals surface area contributed by atoms with Gasteiger partial charge >= 0.3 is 0 Å². The highest BCUT2D eigenvalue weighted by atomic mass is 35.5. The summed E-state index contributed by atoms with van der Waals surface area (Å²) in [4.78, 5) is 16.0. The van der Waals surface area contributed by atoms with Crippen molar-refractivity contribution in [3.63, 3.8) is 0 Å². The molecule has 6 nitrogen and oxygen atoms in total. The van der Waals surface area contributed by atoms with Gasteiger partial charge in [-0.3, -0.25) is 4.79 Å². The van der Waals surface area contributed by atoms with Crippen LogP contribution in [-0.2, 0) is 6.54 Å². The average Bonchev–Trinajstić information content (AvgIpc) is 2.73. The topological polar surface area (TPSA) is 52.4 Å². The zero-order valence-corrected chi connectivity index (χ0v) is 17.5. The van der Waals surface area contributed by atoms with Crippen LogP contribution in [0.15, 0.2) is 30.3 Å². The maximum Gasteiger partial charge on any atom is 0.254 e. The zero-order chi connectivity index (χ0) is 21.0. The third kappa shape index (κ3) is 4.74. The van der Waals surface area contributed by atoms with Crippen molar-refractivity contribution in [2.45, 2.75) is 6.54 Å². The van der Waals surface area contributed by atoms with E-state index in [0.717, 1.165) is 18.7 Å². The molecule has 1 heterocycles. The minimum Gasteiger partial charge on any atom is -0.496 e. The molecule has 0 saturated carbocycles. The molecule has 2 aromatic carbocycles. The van der Waals surface area contributed by atoms with Gasteiger partial charge in [0.2, 0.25) is 0 Å². The second-order valence-electron chi connectivity index (χ2n) is 6.87. The summed E-state index contributed by atoms with van der Waals surface area (Å²) in [5, 5.41) is 0.331. The molecule has 0 aromatic heterocycles. The van der Waals surface area contributed by atoms with E-state index in [1.807, 2.05) is 0 Å². The first-order valence-corrected chi connectivity index (χ1v) is 9.71. The Morgan fingerprint density at radius 3 is 2.38 bits per heavy atom. The number of benzene rings is 2. The van der Waals surface area contributed by atoms with Gasteiger partial charge in [-0.1, -0.05) is 11.6 Å². The predicted molar refractivity (Wildman–Crippen MR) is 108 cm³/mol. The van der Waals surface area contributed by atoms with E-state index in [1.165, 1.54) is 31.3 Å². The predicted octanol–water partition coefficient (Wildman–Crippen LogP) is 2.05. The highest BCUT2D eigenvalue weighted by Gasteiger charge is 2.26. The van der Waals surface area contributed by atoms with Gasteiger partial charge < -0.3 is 24.0 Å². The van der Waals surface area contributed by atoms with Gasteiger partial charge in [0.1, 0.15) is 18.1 Å².